The van der Waals surface area contributed by atoms with Crippen LogP contribution in [0.2, 0.25) is 0 Å². The van der Waals surface area contributed by atoms with Crippen LogP contribution in [0.4, 0.5) is 0 Å². The van der Waals surface area contributed by atoms with Crippen molar-refractivity contribution in [1.82, 2.24) is 16.0 Å². The van der Waals surface area contributed by atoms with Crippen LogP contribution in [-0.4, -0.2) is 53.5 Å². The van der Waals surface area contributed by atoms with Gasteiger partial charge >= 0.3 is 5.97 Å². The number of hydrogen-bond donors (Lipinski definition) is 5. The number of amides is 3. The van der Waals surface area contributed by atoms with E-state index in [4.69, 9.17) is 5.73 Å². The molecule has 0 aliphatic carbocycles. The standard InChI is InChI=1S/C26H34N4O5/c1-3-17(2)23(25(33)29-21(26(34)35)15-19-12-8-5-9-13-19)30-22(31)16-28-24(32)20(27)14-18-10-6-4-7-11-18/h4-13,17,20-21,23H,3,14-16,27H2,1-2H3,(H,28,32)(H,29,33)(H,30,31)(H,34,35). The van der Waals surface area contributed by atoms with Crippen molar-refractivity contribution in [2.75, 3.05) is 6.54 Å². The highest BCUT2D eigenvalue weighted by atomic mass is 16.4. The monoisotopic (exact) mass is 482 g/mol. The zero-order valence-electron chi connectivity index (χ0n) is 20.1. The van der Waals surface area contributed by atoms with Gasteiger partial charge in [0.05, 0.1) is 12.6 Å². The SMILES string of the molecule is CCC(C)C(NC(=O)CNC(=O)C(N)Cc1ccccc1)C(=O)NC(Cc1ccccc1)C(=O)O. The van der Waals surface area contributed by atoms with Crippen molar-refractivity contribution >= 4 is 23.7 Å². The van der Waals surface area contributed by atoms with Crippen LogP contribution < -0.4 is 21.7 Å². The normalized spacial score (nSPS) is 14.1. The first kappa shape index (κ1) is 27.5. The highest BCUT2D eigenvalue weighted by molar-refractivity contribution is 5.92. The zero-order chi connectivity index (χ0) is 25.8. The van der Waals surface area contributed by atoms with Gasteiger partial charge < -0.3 is 26.8 Å². The molecular formula is C26H34N4O5. The van der Waals surface area contributed by atoms with E-state index in [1.165, 1.54) is 0 Å². The minimum absolute atomic E-state index is 0.110. The molecule has 4 unspecified atom stereocenters. The Morgan fingerprint density at radius 3 is 1.91 bits per heavy atom. The van der Waals surface area contributed by atoms with Gasteiger partial charge in [-0.15, -0.1) is 0 Å². The Bertz CT molecular complexity index is 984. The summed E-state index contributed by atoms with van der Waals surface area (Å²) in [4.78, 5) is 49.5. The van der Waals surface area contributed by atoms with Crippen LogP contribution in [0.1, 0.15) is 31.4 Å². The molecule has 0 spiro atoms. The molecule has 2 aromatic carbocycles. The summed E-state index contributed by atoms with van der Waals surface area (Å²) in [5.41, 5.74) is 7.60. The second-order valence-electron chi connectivity index (χ2n) is 8.53. The molecule has 0 saturated carbocycles. The van der Waals surface area contributed by atoms with Crippen LogP contribution >= 0.6 is 0 Å². The van der Waals surface area contributed by atoms with Crippen LogP contribution in [0.25, 0.3) is 0 Å². The number of nitrogens with one attached hydrogen (secondary N) is 3. The molecule has 2 aromatic rings. The summed E-state index contributed by atoms with van der Waals surface area (Å²) in [6, 6.07) is 15.3. The summed E-state index contributed by atoms with van der Waals surface area (Å²) in [7, 11) is 0. The lowest BCUT2D eigenvalue weighted by atomic mass is 9.97. The Kier molecular flexibility index (Phi) is 10.9. The first-order valence-corrected chi connectivity index (χ1v) is 11.6. The van der Waals surface area contributed by atoms with Crippen LogP contribution in [0.3, 0.4) is 0 Å². The molecular weight excluding hydrogens is 448 g/mol. The Balaban J connectivity index is 1.94. The van der Waals surface area contributed by atoms with Crippen LogP contribution in [0.5, 0.6) is 0 Å². The number of carbonyl (C=O) groups excluding carboxylic acids is 3. The molecule has 9 nitrogen and oxygen atoms in total. The van der Waals surface area contributed by atoms with Gasteiger partial charge in [-0.3, -0.25) is 14.4 Å². The lowest BCUT2D eigenvalue weighted by Crippen LogP contribution is -2.56. The molecule has 4 atom stereocenters. The lowest BCUT2D eigenvalue weighted by molar-refractivity contribution is -0.142. The van der Waals surface area contributed by atoms with Gasteiger partial charge in [0.15, 0.2) is 0 Å². The third-order valence-corrected chi connectivity index (χ3v) is 5.77. The number of benzene rings is 2. The van der Waals surface area contributed by atoms with Gasteiger partial charge in [0.1, 0.15) is 12.1 Å². The number of carbonyl (C=O) groups is 4. The molecule has 0 aliphatic rings. The third kappa shape index (κ3) is 9.21. The van der Waals surface area contributed by atoms with E-state index in [2.05, 4.69) is 16.0 Å². The lowest BCUT2D eigenvalue weighted by Gasteiger charge is -2.25. The summed E-state index contributed by atoms with van der Waals surface area (Å²) >= 11 is 0. The van der Waals surface area contributed by atoms with E-state index in [9.17, 15) is 24.3 Å². The van der Waals surface area contributed by atoms with E-state index in [0.29, 0.717) is 12.8 Å². The minimum Gasteiger partial charge on any atom is -0.480 e. The van der Waals surface area contributed by atoms with Crippen LogP contribution in [0, 0.1) is 5.92 Å². The van der Waals surface area contributed by atoms with Crippen molar-refractivity contribution in [3.8, 4) is 0 Å². The molecule has 0 heterocycles. The maximum Gasteiger partial charge on any atom is 0.326 e. The Morgan fingerprint density at radius 1 is 0.857 bits per heavy atom. The topological polar surface area (TPSA) is 151 Å². The first-order valence-electron chi connectivity index (χ1n) is 11.6. The Labute approximate surface area is 205 Å². The molecule has 0 aliphatic heterocycles. The van der Waals surface area contributed by atoms with E-state index in [1.54, 1.807) is 31.2 Å². The van der Waals surface area contributed by atoms with Gasteiger partial charge in [0.2, 0.25) is 17.7 Å². The molecule has 0 fully saturated rings. The summed E-state index contributed by atoms with van der Waals surface area (Å²) < 4.78 is 0. The predicted octanol–water partition coefficient (Wildman–Crippen LogP) is 1.02. The van der Waals surface area contributed by atoms with E-state index in [-0.39, 0.29) is 18.9 Å². The second kappa shape index (κ2) is 13.9. The number of aliphatic carboxylic acids is 1. The number of carboxylic acids is 1. The Hall–Kier alpha value is -3.72. The fraction of sp³-hybridized carbons (Fsp3) is 0.385. The van der Waals surface area contributed by atoms with Crippen LogP contribution in [0.15, 0.2) is 60.7 Å². The van der Waals surface area contributed by atoms with E-state index in [1.807, 2.05) is 43.3 Å². The maximum atomic E-state index is 12.9. The number of hydrogen-bond acceptors (Lipinski definition) is 5. The molecule has 3 amide bonds. The molecule has 2 rings (SSSR count). The summed E-state index contributed by atoms with van der Waals surface area (Å²) in [6.45, 7) is 3.29. The van der Waals surface area contributed by atoms with Crippen molar-refractivity contribution in [3.05, 3.63) is 71.8 Å². The number of carboxylic acid groups (broad SMARTS) is 1. The molecule has 0 bridgehead atoms. The average molecular weight is 483 g/mol. The van der Waals surface area contributed by atoms with E-state index >= 15 is 0 Å². The zero-order valence-corrected chi connectivity index (χ0v) is 20.1. The molecule has 0 saturated heterocycles. The highest BCUT2D eigenvalue weighted by Crippen LogP contribution is 2.10. The largest absolute Gasteiger partial charge is 0.480 e. The molecule has 9 heteroatoms. The van der Waals surface area contributed by atoms with Gasteiger partial charge in [-0.1, -0.05) is 80.9 Å². The quantitative estimate of drug-likeness (QED) is 0.288. The predicted molar refractivity (Wildman–Crippen MR) is 132 cm³/mol. The third-order valence-electron chi connectivity index (χ3n) is 5.77. The molecule has 35 heavy (non-hydrogen) atoms. The van der Waals surface area contributed by atoms with Gasteiger partial charge in [0.25, 0.3) is 0 Å². The minimum atomic E-state index is -1.17. The van der Waals surface area contributed by atoms with E-state index in [0.717, 1.165) is 11.1 Å². The van der Waals surface area contributed by atoms with Crippen molar-refractivity contribution in [3.63, 3.8) is 0 Å². The molecule has 188 valence electrons. The van der Waals surface area contributed by atoms with E-state index < -0.39 is 41.8 Å². The average Bonchev–Trinajstić information content (AvgIpc) is 2.85. The molecule has 0 aromatic heterocycles. The fourth-order valence-electron chi connectivity index (χ4n) is 3.50. The smallest absolute Gasteiger partial charge is 0.326 e. The Morgan fingerprint density at radius 2 is 1.40 bits per heavy atom. The van der Waals surface area contributed by atoms with Gasteiger partial charge in [-0.05, 0) is 23.5 Å². The summed E-state index contributed by atoms with van der Waals surface area (Å²) in [5.74, 6) is -3.08. The highest BCUT2D eigenvalue weighted by Gasteiger charge is 2.30. The van der Waals surface area contributed by atoms with Crippen molar-refractivity contribution in [1.29, 1.82) is 0 Å². The summed E-state index contributed by atoms with van der Waals surface area (Å²) in [6.07, 6.45) is 1.01. The second-order valence-corrected chi connectivity index (χ2v) is 8.53. The molecule has 6 N–H and O–H groups in total. The summed E-state index contributed by atoms with van der Waals surface area (Å²) in [5, 5.41) is 17.2. The number of nitrogens with two attached hydrogens (primary N) is 1. The van der Waals surface area contributed by atoms with Gasteiger partial charge in [-0.2, -0.15) is 0 Å². The van der Waals surface area contributed by atoms with Crippen molar-refractivity contribution in [2.24, 2.45) is 11.7 Å². The van der Waals surface area contributed by atoms with Crippen molar-refractivity contribution < 1.29 is 24.3 Å². The number of rotatable bonds is 13. The van der Waals surface area contributed by atoms with Crippen molar-refractivity contribution in [2.45, 2.75) is 51.2 Å². The van der Waals surface area contributed by atoms with Gasteiger partial charge in [-0.25, -0.2) is 4.79 Å². The van der Waals surface area contributed by atoms with Gasteiger partial charge in [0, 0.05) is 6.42 Å². The van der Waals surface area contributed by atoms with Crippen LogP contribution in [-0.2, 0) is 32.0 Å². The fourth-order valence-corrected chi connectivity index (χ4v) is 3.50. The first-order chi connectivity index (χ1) is 16.7. The maximum absolute atomic E-state index is 12.9. The molecule has 0 radical (unpaired) electrons.